The summed E-state index contributed by atoms with van der Waals surface area (Å²) in [5.41, 5.74) is 0.546. The van der Waals surface area contributed by atoms with Crippen molar-refractivity contribution in [3.63, 3.8) is 0 Å². The fourth-order valence-electron chi connectivity index (χ4n) is 1.25. The number of rotatable bonds is 3. The van der Waals surface area contributed by atoms with Crippen molar-refractivity contribution in [1.82, 2.24) is 9.97 Å². The Morgan fingerprint density at radius 3 is 2.88 bits per heavy atom. The number of halogens is 1. The van der Waals surface area contributed by atoms with Crippen molar-refractivity contribution >= 4 is 17.4 Å². The summed E-state index contributed by atoms with van der Waals surface area (Å²) in [6, 6.07) is 4.82. The van der Waals surface area contributed by atoms with E-state index < -0.39 is 0 Å². The highest BCUT2D eigenvalue weighted by molar-refractivity contribution is 6.30. The molecule has 0 aliphatic rings. The first kappa shape index (κ1) is 11.5. The lowest BCUT2D eigenvalue weighted by atomic mass is 10.2. The zero-order valence-electron chi connectivity index (χ0n) is 9.05. The molecule has 17 heavy (non-hydrogen) atoms. The Morgan fingerprint density at radius 1 is 1.35 bits per heavy atom. The van der Waals surface area contributed by atoms with Gasteiger partial charge in [0, 0.05) is 30.1 Å². The molecule has 0 aromatic carbocycles. The molecule has 2 rings (SSSR count). The molecule has 4 nitrogen and oxygen atoms in total. The molecule has 0 fully saturated rings. The molecule has 5 heteroatoms. The van der Waals surface area contributed by atoms with Crippen LogP contribution in [0.4, 0.5) is 0 Å². The van der Waals surface area contributed by atoms with E-state index in [2.05, 4.69) is 9.97 Å². The average molecular weight is 249 g/mol. The number of Topliss-reactive ketones (excluding diaryl/α,β-unsaturated/α-hetero) is 1. The van der Waals surface area contributed by atoms with Gasteiger partial charge in [0.1, 0.15) is 5.75 Å². The lowest BCUT2D eigenvalue weighted by Gasteiger charge is -2.05. The number of carbonyl (C=O) groups is 1. The molecular formula is C12H9ClN2O2. The van der Waals surface area contributed by atoms with Gasteiger partial charge in [-0.15, -0.1) is 0 Å². The number of ketones is 1. The van der Waals surface area contributed by atoms with Crippen LogP contribution in [-0.4, -0.2) is 15.8 Å². The first-order chi connectivity index (χ1) is 8.15. The summed E-state index contributed by atoms with van der Waals surface area (Å²) in [4.78, 5) is 19.1. The maximum atomic E-state index is 11.2. The highest BCUT2D eigenvalue weighted by atomic mass is 35.5. The van der Waals surface area contributed by atoms with Crippen LogP contribution >= 0.6 is 11.6 Å². The van der Waals surface area contributed by atoms with Gasteiger partial charge in [-0.1, -0.05) is 11.6 Å². The van der Waals surface area contributed by atoms with Crippen molar-refractivity contribution < 1.29 is 9.53 Å². The number of aromatic nitrogens is 2. The van der Waals surface area contributed by atoms with Crippen molar-refractivity contribution in [3.05, 3.63) is 47.4 Å². The fraction of sp³-hybridized carbons (Fsp3) is 0.0833. The third-order valence-corrected chi connectivity index (χ3v) is 2.25. The Labute approximate surface area is 103 Å². The Hall–Kier alpha value is -1.94. The zero-order valence-corrected chi connectivity index (χ0v) is 9.81. The van der Waals surface area contributed by atoms with E-state index in [0.717, 1.165) is 0 Å². The third-order valence-electron chi connectivity index (χ3n) is 2.04. The molecular weight excluding hydrogens is 240 g/mol. The molecule has 86 valence electrons. The van der Waals surface area contributed by atoms with Crippen molar-refractivity contribution in [2.75, 3.05) is 0 Å². The van der Waals surface area contributed by atoms with Crippen LogP contribution in [-0.2, 0) is 0 Å². The van der Waals surface area contributed by atoms with Gasteiger partial charge in [-0.2, -0.15) is 0 Å². The molecule has 0 saturated carbocycles. The van der Waals surface area contributed by atoms with Crippen LogP contribution in [0.2, 0.25) is 5.02 Å². The van der Waals surface area contributed by atoms with Gasteiger partial charge in [-0.3, -0.25) is 9.78 Å². The van der Waals surface area contributed by atoms with Crippen LogP contribution in [0.3, 0.4) is 0 Å². The molecule has 0 atom stereocenters. The van der Waals surface area contributed by atoms with Gasteiger partial charge in [0.25, 0.3) is 0 Å². The fourth-order valence-corrected chi connectivity index (χ4v) is 1.42. The van der Waals surface area contributed by atoms with Crippen LogP contribution in [0.1, 0.15) is 17.3 Å². The Kier molecular flexibility index (Phi) is 3.35. The van der Waals surface area contributed by atoms with Crippen molar-refractivity contribution in [2.45, 2.75) is 6.92 Å². The van der Waals surface area contributed by atoms with Crippen LogP contribution in [0.15, 0.2) is 36.8 Å². The van der Waals surface area contributed by atoms with E-state index in [4.69, 9.17) is 16.3 Å². The van der Waals surface area contributed by atoms with E-state index in [1.807, 2.05) is 0 Å². The maximum absolute atomic E-state index is 11.2. The van der Waals surface area contributed by atoms with Gasteiger partial charge in [0.15, 0.2) is 5.78 Å². The van der Waals surface area contributed by atoms with E-state index in [-0.39, 0.29) is 5.78 Å². The first-order valence-corrected chi connectivity index (χ1v) is 5.28. The van der Waals surface area contributed by atoms with Crippen molar-refractivity contribution in [3.8, 4) is 11.6 Å². The summed E-state index contributed by atoms with van der Waals surface area (Å²) >= 11 is 5.78. The number of ether oxygens (including phenoxy) is 1. The van der Waals surface area contributed by atoms with Gasteiger partial charge >= 0.3 is 0 Å². The molecule has 0 amide bonds. The normalized spacial score (nSPS) is 10.0. The molecule has 2 heterocycles. The van der Waals surface area contributed by atoms with Gasteiger partial charge in [0.05, 0.1) is 11.2 Å². The minimum Gasteiger partial charge on any atom is -0.437 e. The molecule has 0 bridgehead atoms. The molecule has 0 aliphatic heterocycles. The van der Waals surface area contributed by atoms with Crippen LogP contribution in [0.25, 0.3) is 0 Å². The van der Waals surface area contributed by atoms with Gasteiger partial charge in [-0.25, -0.2) is 4.98 Å². The molecule has 0 N–H and O–H groups in total. The van der Waals surface area contributed by atoms with E-state index >= 15 is 0 Å². The molecule has 0 spiro atoms. The molecule has 2 aromatic heterocycles. The number of pyridine rings is 2. The lowest BCUT2D eigenvalue weighted by molar-refractivity contribution is 0.101. The maximum Gasteiger partial charge on any atom is 0.219 e. The van der Waals surface area contributed by atoms with E-state index in [1.165, 1.54) is 25.5 Å². The quantitative estimate of drug-likeness (QED) is 0.783. The van der Waals surface area contributed by atoms with E-state index in [1.54, 1.807) is 18.2 Å². The predicted molar refractivity (Wildman–Crippen MR) is 63.6 cm³/mol. The van der Waals surface area contributed by atoms with Crippen LogP contribution in [0, 0.1) is 0 Å². The number of nitrogens with zero attached hydrogens (tertiary/aromatic N) is 2. The van der Waals surface area contributed by atoms with E-state index in [0.29, 0.717) is 22.2 Å². The molecule has 0 radical (unpaired) electrons. The summed E-state index contributed by atoms with van der Waals surface area (Å²) in [5.74, 6) is 0.772. The second kappa shape index (κ2) is 4.93. The highest BCUT2D eigenvalue weighted by Crippen LogP contribution is 2.21. The summed E-state index contributed by atoms with van der Waals surface area (Å²) in [6.07, 6.45) is 4.55. The van der Waals surface area contributed by atoms with Crippen molar-refractivity contribution in [2.24, 2.45) is 0 Å². The van der Waals surface area contributed by atoms with Gasteiger partial charge < -0.3 is 4.74 Å². The zero-order chi connectivity index (χ0) is 12.3. The predicted octanol–water partition coefficient (Wildman–Crippen LogP) is 3.12. The summed E-state index contributed by atoms with van der Waals surface area (Å²) in [6.45, 7) is 1.49. The summed E-state index contributed by atoms with van der Waals surface area (Å²) in [7, 11) is 0. The van der Waals surface area contributed by atoms with Crippen molar-refractivity contribution in [1.29, 1.82) is 0 Å². The highest BCUT2D eigenvalue weighted by Gasteiger charge is 2.04. The topological polar surface area (TPSA) is 52.1 Å². The molecule has 0 aliphatic carbocycles. The minimum absolute atomic E-state index is 0.0403. The number of hydrogen-bond acceptors (Lipinski definition) is 4. The monoisotopic (exact) mass is 248 g/mol. The molecule has 0 saturated heterocycles. The summed E-state index contributed by atoms with van der Waals surface area (Å²) in [5, 5.41) is 0.477. The SMILES string of the molecule is CC(=O)c1ccnc(Oc2cncc(Cl)c2)c1. The largest absolute Gasteiger partial charge is 0.437 e. The second-order valence-corrected chi connectivity index (χ2v) is 3.82. The smallest absolute Gasteiger partial charge is 0.219 e. The number of hydrogen-bond donors (Lipinski definition) is 0. The first-order valence-electron chi connectivity index (χ1n) is 4.90. The summed E-state index contributed by atoms with van der Waals surface area (Å²) < 4.78 is 5.44. The third kappa shape index (κ3) is 3.01. The van der Waals surface area contributed by atoms with Crippen LogP contribution < -0.4 is 4.74 Å². The molecule has 0 unspecified atom stereocenters. The average Bonchev–Trinajstić information content (AvgIpc) is 2.29. The van der Waals surface area contributed by atoms with E-state index in [9.17, 15) is 4.79 Å². The minimum atomic E-state index is -0.0403. The Bertz CT molecular complexity index is 558. The number of carbonyl (C=O) groups excluding carboxylic acids is 1. The Morgan fingerprint density at radius 2 is 2.18 bits per heavy atom. The van der Waals surface area contributed by atoms with Gasteiger partial charge in [-0.05, 0) is 13.0 Å². The standard InChI is InChI=1S/C12H9ClN2O2/c1-8(16)9-2-3-15-12(4-9)17-11-5-10(13)6-14-7-11/h2-7H,1H3. The molecule has 2 aromatic rings. The van der Waals surface area contributed by atoms with Gasteiger partial charge in [0.2, 0.25) is 5.88 Å². The Balaban J connectivity index is 2.24. The second-order valence-electron chi connectivity index (χ2n) is 3.38. The lowest BCUT2D eigenvalue weighted by Crippen LogP contribution is -1.95. The van der Waals surface area contributed by atoms with Crippen LogP contribution in [0.5, 0.6) is 11.6 Å².